The Morgan fingerprint density at radius 1 is 0.933 bits per heavy atom. The molecule has 0 unspecified atom stereocenters. The molecule has 258 valence electrons. The van der Waals surface area contributed by atoms with Crippen molar-refractivity contribution in [2.24, 2.45) is 29.4 Å². The molecule has 0 fully saturated rings. The van der Waals surface area contributed by atoms with Crippen LogP contribution >= 0.6 is 0 Å². The number of primary amides is 1. The highest BCUT2D eigenvalue weighted by molar-refractivity contribution is 5.90. The van der Waals surface area contributed by atoms with Gasteiger partial charge in [-0.2, -0.15) is 0 Å². The smallest absolute Gasteiger partial charge is 0.407 e. The minimum absolute atomic E-state index is 0.0365. The van der Waals surface area contributed by atoms with Gasteiger partial charge in [-0.15, -0.1) is 0 Å². The lowest BCUT2D eigenvalue weighted by molar-refractivity contribution is -0.134. The van der Waals surface area contributed by atoms with E-state index in [2.05, 4.69) is 24.5 Å². The third kappa shape index (κ3) is 14.3. The molecule has 3 amide bonds. The standard InChI is InChI=1S/C34H59N3O8/c1-21(2)24(17-23-13-14-28(43-11)29(18-23)44-16-12-15-42-10)19-26(36-32(41)45-33(5,6)7)27(38)20-25(22(3)4)30(39)37-34(8,9)31(35)40/h13-14,18,21-22,24-27,38H,12,15-17,19-20H2,1-11H3,(H2,35,40)(H,36,41)(H,37,39)/t24-,25-,26-,27-/m0/s1. The zero-order valence-electron chi connectivity index (χ0n) is 29.3. The Morgan fingerprint density at radius 3 is 2.09 bits per heavy atom. The summed E-state index contributed by atoms with van der Waals surface area (Å²) in [5.74, 6) is -0.350. The number of benzene rings is 1. The van der Waals surface area contributed by atoms with E-state index in [1.807, 2.05) is 32.0 Å². The third-order valence-electron chi connectivity index (χ3n) is 7.83. The number of nitrogens with two attached hydrogens (primary N) is 1. The lowest BCUT2D eigenvalue weighted by atomic mass is 9.80. The fourth-order valence-electron chi connectivity index (χ4n) is 4.91. The van der Waals surface area contributed by atoms with E-state index >= 15 is 0 Å². The number of nitrogens with one attached hydrogen (secondary N) is 2. The maximum absolute atomic E-state index is 13.3. The van der Waals surface area contributed by atoms with Crippen LogP contribution in [0.2, 0.25) is 0 Å². The second-order valence-corrected chi connectivity index (χ2v) is 14.0. The Kier molecular flexibility index (Phi) is 16.2. The predicted octanol–water partition coefficient (Wildman–Crippen LogP) is 4.61. The van der Waals surface area contributed by atoms with Gasteiger partial charge in [0.15, 0.2) is 11.5 Å². The minimum atomic E-state index is -1.25. The van der Waals surface area contributed by atoms with Gasteiger partial charge in [-0.1, -0.05) is 33.8 Å². The van der Waals surface area contributed by atoms with Crippen molar-refractivity contribution < 1.29 is 38.4 Å². The van der Waals surface area contributed by atoms with Gasteiger partial charge in [-0.05, 0) is 89.3 Å². The summed E-state index contributed by atoms with van der Waals surface area (Å²) in [5.41, 5.74) is 4.51. The number of aliphatic hydroxyl groups is 1. The van der Waals surface area contributed by atoms with Crippen molar-refractivity contribution in [3.63, 3.8) is 0 Å². The Hall–Kier alpha value is -3.05. The van der Waals surface area contributed by atoms with Gasteiger partial charge < -0.3 is 40.4 Å². The highest BCUT2D eigenvalue weighted by atomic mass is 16.6. The second-order valence-electron chi connectivity index (χ2n) is 14.0. The van der Waals surface area contributed by atoms with Crippen LogP contribution in [0.5, 0.6) is 11.5 Å². The summed E-state index contributed by atoms with van der Waals surface area (Å²) in [4.78, 5) is 38.1. The lowest BCUT2D eigenvalue weighted by Crippen LogP contribution is -2.55. The normalized spacial score (nSPS) is 14.8. The Bertz CT molecular complexity index is 1080. The quantitative estimate of drug-likeness (QED) is 0.160. The number of methoxy groups -OCH3 is 2. The maximum Gasteiger partial charge on any atom is 0.407 e. The van der Waals surface area contributed by atoms with Crippen LogP contribution < -0.4 is 25.8 Å². The van der Waals surface area contributed by atoms with Crippen molar-refractivity contribution in [1.29, 1.82) is 0 Å². The van der Waals surface area contributed by atoms with Crippen LogP contribution in [0.25, 0.3) is 0 Å². The van der Waals surface area contributed by atoms with Gasteiger partial charge in [-0.25, -0.2) is 4.79 Å². The lowest BCUT2D eigenvalue weighted by Gasteiger charge is -2.34. The second kappa shape index (κ2) is 18.2. The molecule has 1 aromatic rings. The van der Waals surface area contributed by atoms with Crippen LogP contribution in [-0.2, 0) is 25.5 Å². The van der Waals surface area contributed by atoms with Crippen LogP contribution in [0.15, 0.2) is 18.2 Å². The van der Waals surface area contributed by atoms with Crippen LogP contribution in [0.1, 0.15) is 87.1 Å². The molecule has 0 saturated carbocycles. The fourth-order valence-corrected chi connectivity index (χ4v) is 4.91. The fraction of sp³-hybridized carbons (Fsp3) is 0.735. The number of ether oxygens (including phenoxy) is 4. The van der Waals surface area contributed by atoms with Crippen molar-refractivity contribution in [1.82, 2.24) is 10.6 Å². The first-order valence-electron chi connectivity index (χ1n) is 15.9. The summed E-state index contributed by atoms with van der Waals surface area (Å²) in [6, 6.07) is 5.12. The molecular formula is C34H59N3O8. The Morgan fingerprint density at radius 2 is 1.58 bits per heavy atom. The molecule has 0 aliphatic rings. The number of rotatable bonds is 19. The first-order valence-corrected chi connectivity index (χ1v) is 15.9. The highest BCUT2D eigenvalue weighted by Crippen LogP contribution is 2.32. The zero-order valence-corrected chi connectivity index (χ0v) is 29.3. The van der Waals surface area contributed by atoms with Crippen LogP contribution in [0.4, 0.5) is 4.79 Å². The number of hydrogen-bond acceptors (Lipinski definition) is 8. The van der Waals surface area contributed by atoms with Crippen LogP contribution in [-0.4, -0.2) is 73.7 Å². The van der Waals surface area contributed by atoms with E-state index in [4.69, 9.17) is 24.7 Å². The maximum atomic E-state index is 13.3. The molecule has 0 spiro atoms. The van der Waals surface area contributed by atoms with E-state index in [1.54, 1.807) is 35.0 Å². The number of carbonyl (C=O) groups excluding carboxylic acids is 3. The predicted molar refractivity (Wildman–Crippen MR) is 175 cm³/mol. The molecule has 1 rings (SSSR count). The number of hydrogen-bond donors (Lipinski definition) is 4. The molecule has 0 aliphatic carbocycles. The molecule has 1 aromatic carbocycles. The van der Waals surface area contributed by atoms with Gasteiger partial charge in [0.1, 0.15) is 11.1 Å². The van der Waals surface area contributed by atoms with E-state index in [-0.39, 0.29) is 30.1 Å². The van der Waals surface area contributed by atoms with Crippen molar-refractivity contribution in [3.8, 4) is 11.5 Å². The first kappa shape index (κ1) is 40.0. The number of alkyl carbamates (subject to hydrolysis) is 1. The molecule has 5 N–H and O–H groups in total. The topological polar surface area (TPSA) is 158 Å². The molecule has 0 aliphatic heterocycles. The van der Waals surface area contributed by atoms with Crippen molar-refractivity contribution in [2.75, 3.05) is 27.4 Å². The Balaban J connectivity index is 3.30. The van der Waals surface area contributed by atoms with E-state index in [9.17, 15) is 19.5 Å². The van der Waals surface area contributed by atoms with E-state index in [0.717, 1.165) is 12.0 Å². The summed E-state index contributed by atoms with van der Waals surface area (Å²) < 4.78 is 22.1. The summed E-state index contributed by atoms with van der Waals surface area (Å²) in [7, 11) is 3.25. The number of amides is 3. The first-order chi connectivity index (χ1) is 20.8. The van der Waals surface area contributed by atoms with E-state index < -0.39 is 41.2 Å². The van der Waals surface area contributed by atoms with Gasteiger partial charge in [0.2, 0.25) is 11.8 Å². The summed E-state index contributed by atoms with van der Waals surface area (Å²) in [5, 5.41) is 17.2. The van der Waals surface area contributed by atoms with Gasteiger partial charge in [0.05, 0.1) is 25.9 Å². The Labute approximate surface area is 270 Å². The van der Waals surface area contributed by atoms with Crippen LogP contribution in [0.3, 0.4) is 0 Å². The summed E-state index contributed by atoms with van der Waals surface area (Å²) in [6.45, 7) is 17.4. The van der Waals surface area contributed by atoms with Gasteiger partial charge in [-0.3, -0.25) is 9.59 Å². The molecule has 11 heteroatoms. The molecule has 0 bridgehead atoms. The average molecular weight is 638 g/mol. The molecule has 45 heavy (non-hydrogen) atoms. The minimum Gasteiger partial charge on any atom is -0.493 e. The molecule has 4 atom stereocenters. The SMILES string of the molecule is COCCCOc1cc(C[C@@H](C[C@H](NC(=O)OC(C)(C)C)[C@@H](O)C[C@H](C(=O)NC(C)(C)C(N)=O)C(C)C)C(C)C)ccc1OC. The van der Waals surface area contributed by atoms with Gasteiger partial charge in [0.25, 0.3) is 0 Å². The molecule has 0 heterocycles. The van der Waals surface area contributed by atoms with E-state index in [1.165, 1.54) is 13.8 Å². The summed E-state index contributed by atoms with van der Waals surface area (Å²) >= 11 is 0. The van der Waals surface area contributed by atoms with Crippen molar-refractivity contribution in [2.45, 2.75) is 111 Å². The molecule has 11 nitrogen and oxygen atoms in total. The third-order valence-corrected chi connectivity index (χ3v) is 7.83. The molecule has 0 saturated heterocycles. The van der Waals surface area contributed by atoms with Crippen LogP contribution in [0, 0.1) is 23.7 Å². The molecular weight excluding hydrogens is 578 g/mol. The molecule has 0 aromatic heterocycles. The number of aliphatic hydroxyl groups excluding tert-OH is 1. The van der Waals surface area contributed by atoms with Gasteiger partial charge >= 0.3 is 6.09 Å². The van der Waals surface area contributed by atoms with Crippen molar-refractivity contribution >= 4 is 17.9 Å². The monoisotopic (exact) mass is 637 g/mol. The summed E-state index contributed by atoms with van der Waals surface area (Å²) in [6.07, 6.45) is 0.147. The average Bonchev–Trinajstić information content (AvgIpc) is 2.91. The van der Waals surface area contributed by atoms with Crippen molar-refractivity contribution in [3.05, 3.63) is 23.8 Å². The van der Waals surface area contributed by atoms with Gasteiger partial charge in [0, 0.05) is 26.1 Å². The largest absolute Gasteiger partial charge is 0.493 e. The molecule has 0 radical (unpaired) electrons. The highest BCUT2D eigenvalue weighted by Gasteiger charge is 2.36. The van der Waals surface area contributed by atoms with E-state index in [0.29, 0.717) is 37.6 Å². The number of carbonyl (C=O) groups is 3. The zero-order chi connectivity index (χ0) is 34.5.